The predicted molar refractivity (Wildman–Crippen MR) is 125 cm³/mol. The summed E-state index contributed by atoms with van der Waals surface area (Å²) in [5.41, 5.74) is 5.86. The van der Waals surface area contributed by atoms with Crippen LogP contribution in [0.4, 0.5) is 11.4 Å². The van der Waals surface area contributed by atoms with Crippen molar-refractivity contribution in [1.82, 2.24) is 0 Å². The Morgan fingerprint density at radius 3 is 2.55 bits per heavy atom. The fraction of sp³-hybridized carbons (Fsp3) is 0.308. The molecule has 0 aliphatic carbocycles. The van der Waals surface area contributed by atoms with E-state index in [1.165, 1.54) is 17.3 Å². The van der Waals surface area contributed by atoms with Crippen LogP contribution in [-0.2, 0) is 12.8 Å². The second-order valence-electron chi connectivity index (χ2n) is 8.61. The van der Waals surface area contributed by atoms with Gasteiger partial charge in [0.05, 0.1) is 0 Å². The van der Waals surface area contributed by atoms with E-state index in [2.05, 4.69) is 11.0 Å². The first-order valence-electron chi connectivity index (χ1n) is 10.9. The van der Waals surface area contributed by atoms with Crippen LogP contribution in [0, 0.1) is 0 Å². The van der Waals surface area contributed by atoms with Gasteiger partial charge in [-0.15, -0.1) is 0 Å². The van der Waals surface area contributed by atoms with Gasteiger partial charge in [-0.1, -0.05) is 18.2 Å². The van der Waals surface area contributed by atoms with Crippen molar-refractivity contribution in [2.24, 2.45) is 0 Å². The van der Waals surface area contributed by atoms with Gasteiger partial charge in [-0.25, -0.2) is 4.79 Å². The van der Waals surface area contributed by atoms with E-state index in [1.54, 1.807) is 12.1 Å². The van der Waals surface area contributed by atoms with Crippen LogP contribution < -0.4 is 15.4 Å². The highest BCUT2D eigenvalue weighted by atomic mass is 16.4. The Balaban J connectivity index is 1.50. The molecule has 5 rings (SSSR count). The number of fused-ring (bicyclic) bond motifs is 2. The third-order valence-electron chi connectivity index (χ3n) is 6.32. The molecule has 0 unspecified atom stereocenters. The van der Waals surface area contributed by atoms with Crippen LogP contribution in [0.3, 0.4) is 0 Å². The highest BCUT2D eigenvalue weighted by molar-refractivity contribution is 6.08. The van der Waals surface area contributed by atoms with Crippen LogP contribution in [-0.4, -0.2) is 33.0 Å². The molecule has 31 heavy (non-hydrogen) atoms. The van der Waals surface area contributed by atoms with Crippen molar-refractivity contribution in [3.63, 3.8) is 0 Å². The van der Waals surface area contributed by atoms with E-state index in [1.807, 2.05) is 43.3 Å². The van der Waals surface area contributed by atoms with Crippen molar-refractivity contribution < 1.29 is 9.21 Å². The zero-order chi connectivity index (χ0) is 21.5. The lowest BCUT2D eigenvalue weighted by molar-refractivity contribution is 0.104. The molecule has 0 bridgehead atoms. The number of carbonyl (C=O) groups excluding carboxylic acids is 1. The minimum absolute atomic E-state index is 0.0873. The summed E-state index contributed by atoms with van der Waals surface area (Å²) in [6, 6.07) is 11.7. The summed E-state index contributed by atoms with van der Waals surface area (Å²) in [4.78, 5) is 29.9. The molecule has 3 aromatic rings. The number of benzene rings is 2. The zero-order valence-corrected chi connectivity index (χ0v) is 18.0. The third kappa shape index (κ3) is 3.54. The maximum atomic E-state index is 12.8. The second-order valence-corrected chi connectivity index (χ2v) is 8.61. The number of rotatable bonds is 4. The normalized spacial score (nSPS) is 15.4. The molecule has 5 heteroatoms. The van der Waals surface area contributed by atoms with E-state index in [0.717, 1.165) is 61.0 Å². The van der Waals surface area contributed by atoms with Gasteiger partial charge in [0.1, 0.15) is 11.1 Å². The number of ketones is 1. The fourth-order valence-corrected chi connectivity index (χ4v) is 4.76. The summed E-state index contributed by atoms with van der Waals surface area (Å²) < 4.78 is 5.74. The molecule has 0 saturated carbocycles. The van der Waals surface area contributed by atoms with Gasteiger partial charge in [0.25, 0.3) is 0 Å². The van der Waals surface area contributed by atoms with Crippen molar-refractivity contribution in [2.45, 2.75) is 25.7 Å². The zero-order valence-electron chi connectivity index (χ0n) is 18.0. The Kier molecular flexibility index (Phi) is 4.89. The average molecular weight is 415 g/mol. The summed E-state index contributed by atoms with van der Waals surface area (Å²) in [6.07, 6.45) is 7.32. The third-order valence-corrected chi connectivity index (χ3v) is 6.32. The minimum Gasteiger partial charge on any atom is -0.422 e. The number of allylic oxidation sites excluding steroid dienone is 1. The molecule has 0 radical (unpaired) electrons. The monoisotopic (exact) mass is 414 g/mol. The van der Waals surface area contributed by atoms with Crippen LogP contribution in [0.1, 0.15) is 39.9 Å². The van der Waals surface area contributed by atoms with Gasteiger partial charge < -0.3 is 14.2 Å². The summed E-state index contributed by atoms with van der Waals surface area (Å²) in [7, 11) is 3.96. The van der Waals surface area contributed by atoms with Crippen LogP contribution >= 0.6 is 0 Å². The molecule has 0 fully saturated rings. The lowest BCUT2D eigenvalue weighted by atomic mass is 9.90. The topological polar surface area (TPSA) is 53.8 Å². The van der Waals surface area contributed by atoms with E-state index in [4.69, 9.17) is 4.42 Å². The van der Waals surface area contributed by atoms with Gasteiger partial charge in [-0.2, -0.15) is 0 Å². The van der Waals surface area contributed by atoms with Gasteiger partial charge in [-0.3, -0.25) is 4.79 Å². The van der Waals surface area contributed by atoms with Crippen LogP contribution in [0.15, 0.2) is 51.7 Å². The summed E-state index contributed by atoms with van der Waals surface area (Å²) in [5, 5.41) is 0.851. The largest absolute Gasteiger partial charge is 0.422 e. The van der Waals surface area contributed by atoms with Crippen LogP contribution in [0.5, 0.6) is 0 Å². The van der Waals surface area contributed by atoms with Gasteiger partial charge in [0, 0.05) is 49.5 Å². The Labute approximate surface area is 181 Å². The average Bonchev–Trinajstić information content (AvgIpc) is 2.78. The molecule has 5 nitrogen and oxygen atoms in total. The number of anilines is 2. The number of hydrogen-bond acceptors (Lipinski definition) is 5. The molecular formula is C26H26N2O3. The lowest BCUT2D eigenvalue weighted by Gasteiger charge is -2.37. The Hall–Kier alpha value is -3.34. The van der Waals surface area contributed by atoms with Crippen molar-refractivity contribution in [2.75, 3.05) is 37.0 Å². The highest BCUT2D eigenvalue weighted by Crippen LogP contribution is 2.39. The first-order chi connectivity index (χ1) is 15.0. The van der Waals surface area contributed by atoms with E-state index >= 15 is 0 Å². The second kappa shape index (κ2) is 7.73. The van der Waals surface area contributed by atoms with E-state index in [9.17, 15) is 9.59 Å². The standard InChI is InChI=1S/C26H26N2O3/c1-27(2)20-10-7-17(8-11-20)9-12-23(29)22-16-19-15-18-5-3-13-28-14-4-6-21(24(18)28)25(19)31-26(22)30/h7-12,15-16H,3-6,13-14H2,1-2H3. The Morgan fingerprint density at radius 1 is 1.06 bits per heavy atom. The maximum Gasteiger partial charge on any atom is 0.347 e. The molecule has 1 aromatic heterocycles. The van der Waals surface area contributed by atoms with E-state index in [0.29, 0.717) is 5.58 Å². The van der Waals surface area contributed by atoms with Gasteiger partial charge in [0.2, 0.25) is 0 Å². The molecule has 0 spiro atoms. The molecule has 2 aliphatic rings. The molecule has 158 valence electrons. The van der Waals surface area contributed by atoms with Crippen LogP contribution in [0.25, 0.3) is 17.0 Å². The van der Waals surface area contributed by atoms with Crippen molar-refractivity contribution >= 4 is 34.2 Å². The molecule has 2 aliphatic heterocycles. The predicted octanol–water partition coefficient (Wildman–Crippen LogP) is 4.45. The quantitative estimate of drug-likeness (QED) is 0.359. The molecule has 0 saturated heterocycles. The Bertz CT molecular complexity index is 1250. The van der Waals surface area contributed by atoms with E-state index in [-0.39, 0.29) is 11.3 Å². The lowest BCUT2D eigenvalue weighted by Crippen LogP contribution is -2.34. The van der Waals surface area contributed by atoms with Crippen LogP contribution in [0.2, 0.25) is 0 Å². The molecule has 0 amide bonds. The first-order valence-corrected chi connectivity index (χ1v) is 10.9. The Morgan fingerprint density at radius 2 is 1.81 bits per heavy atom. The number of hydrogen-bond donors (Lipinski definition) is 0. The van der Waals surface area contributed by atoms with Gasteiger partial charge in [-0.05, 0) is 67.2 Å². The van der Waals surface area contributed by atoms with Crippen molar-refractivity contribution in [3.8, 4) is 0 Å². The minimum atomic E-state index is -0.561. The van der Waals surface area contributed by atoms with E-state index < -0.39 is 5.63 Å². The first kappa shape index (κ1) is 19.6. The number of nitrogens with zero attached hydrogens (tertiary/aromatic N) is 2. The maximum absolute atomic E-state index is 12.8. The summed E-state index contributed by atoms with van der Waals surface area (Å²) in [6.45, 7) is 2.12. The van der Waals surface area contributed by atoms with Gasteiger partial charge >= 0.3 is 5.63 Å². The van der Waals surface area contributed by atoms with Gasteiger partial charge in [0.15, 0.2) is 5.78 Å². The SMILES string of the molecule is CN(C)c1ccc(C=CC(=O)c2cc3cc4c5c(c3oc2=O)CCCN5CCC4)cc1. The fourth-order valence-electron chi connectivity index (χ4n) is 4.76. The number of aryl methyl sites for hydroxylation is 2. The smallest absolute Gasteiger partial charge is 0.347 e. The molecule has 2 aromatic carbocycles. The molecule has 3 heterocycles. The summed E-state index contributed by atoms with van der Waals surface area (Å²) >= 11 is 0. The molecule has 0 N–H and O–H groups in total. The summed E-state index contributed by atoms with van der Waals surface area (Å²) in [5.74, 6) is -0.333. The highest BCUT2D eigenvalue weighted by Gasteiger charge is 2.27. The van der Waals surface area contributed by atoms with Crippen molar-refractivity contribution in [1.29, 1.82) is 0 Å². The number of carbonyl (C=O) groups is 1. The van der Waals surface area contributed by atoms with Crippen molar-refractivity contribution in [3.05, 3.63) is 75.1 Å². The molecule has 0 atom stereocenters. The molecular weight excluding hydrogens is 388 g/mol.